The van der Waals surface area contributed by atoms with Gasteiger partial charge in [0, 0.05) is 37.6 Å². The number of hydrogen-bond acceptors (Lipinski definition) is 4. The van der Waals surface area contributed by atoms with Crippen LogP contribution in [0.5, 0.6) is 0 Å². The van der Waals surface area contributed by atoms with Gasteiger partial charge >= 0.3 is 0 Å². The first-order valence-electron chi connectivity index (χ1n) is 7.46. The third kappa shape index (κ3) is 2.95. The van der Waals surface area contributed by atoms with Crippen LogP contribution in [0.4, 0.5) is 5.82 Å². The first-order valence-corrected chi connectivity index (χ1v) is 7.84. The molecular weight excluding hydrogens is 312 g/mol. The minimum absolute atomic E-state index is 0.0155. The van der Waals surface area contributed by atoms with Crippen molar-refractivity contribution in [2.45, 2.75) is 6.42 Å². The van der Waals surface area contributed by atoms with Crippen LogP contribution in [0.2, 0.25) is 5.02 Å². The number of fused-ring (bicyclic) bond motifs is 1. The molecular formula is C17H17ClN4O. The lowest BCUT2D eigenvalue weighted by Crippen LogP contribution is -2.32. The molecule has 1 fully saturated rings. The minimum Gasteiger partial charge on any atom is -0.356 e. The van der Waals surface area contributed by atoms with Gasteiger partial charge in [0.05, 0.1) is 23.1 Å². The van der Waals surface area contributed by atoms with Gasteiger partial charge in [-0.05, 0) is 30.7 Å². The number of halogens is 1. The third-order valence-electron chi connectivity index (χ3n) is 4.18. The van der Waals surface area contributed by atoms with Gasteiger partial charge in [0.15, 0.2) is 0 Å². The molecule has 0 N–H and O–H groups in total. The van der Waals surface area contributed by atoms with Gasteiger partial charge in [-0.25, -0.2) is 4.98 Å². The molecule has 1 aliphatic heterocycles. The fraction of sp³-hybridized carbons (Fsp3) is 0.353. The summed E-state index contributed by atoms with van der Waals surface area (Å²) in [6.45, 7) is 1.40. The molecule has 6 heteroatoms. The number of pyridine rings is 1. The number of carbonyl (C=O) groups is 1. The molecule has 0 saturated carbocycles. The molecule has 1 saturated heterocycles. The molecule has 1 aromatic heterocycles. The second-order valence-corrected chi connectivity index (χ2v) is 6.40. The Morgan fingerprint density at radius 2 is 2.22 bits per heavy atom. The number of nitrogens with zero attached hydrogens (tertiary/aromatic N) is 4. The Labute approximate surface area is 140 Å². The summed E-state index contributed by atoms with van der Waals surface area (Å²) in [6, 6.07) is 9.34. The van der Waals surface area contributed by atoms with E-state index < -0.39 is 0 Å². The molecule has 0 bridgehead atoms. The van der Waals surface area contributed by atoms with Crippen LogP contribution in [0.3, 0.4) is 0 Å². The maximum Gasteiger partial charge on any atom is 0.227 e. The standard InChI is InChI=1S/C17H17ClN4O/c1-21(2)17(23)11-5-6-22(10-11)16-7-12(9-19)14-8-13(18)3-4-15(14)20-16/h3-4,7-8,11H,5-6,10H2,1-2H3. The molecule has 1 unspecified atom stereocenters. The lowest BCUT2D eigenvalue weighted by atomic mass is 10.1. The normalized spacial score (nSPS) is 17.3. The summed E-state index contributed by atoms with van der Waals surface area (Å²) in [5, 5.41) is 10.7. The second-order valence-electron chi connectivity index (χ2n) is 5.97. The van der Waals surface area contributed by atoms with E-state index in [9.17, 15) is 10.1 Å². The van der Waals surface area contributed by atoms with Gasteiger partial charge < -0.3 is 9.80 Å². The molecule has 1 aromatic carbocycles. The molecule has 0 radical (unpaired) electrons. The van der Waals surface area contributed by atoms with E-state index in [2.05, 4.69) is 16.0 Å². The van der Waals surface area contributed by atoms with Crippen molar-refractivity contribution in [3.8, 4) is 6.07 Å². The van der Waals surface area contributed by atoms with Crippen LogP contribution < -0.4 is 4.90 Å². The maximum absolute atomic E-state index is 12.1. The average molecular weight is 329 g/mol. The molecule has 118 valence electrons. The van der Waals surface area contributed by atoms with E-state index in [-0.39, 0.29) is 11.8 Å². The Balaban J connectivity index is 1.94. The summed E-state index contributed by atoms with van der Waals surface area (Å²) >= 11 is 6.01. The number of rotatable bonds is 2. The number of benzene rings is 1. The second kappa shape index (κ2) is 6.05. The van der Waals surface area contributed by atoms with Crippen molar-refractivity contribution in [2.24, 2.45) is 5.92 Å². The number of nitriles is 1. The first-order chi connectivity index (χ1) is 11.0. The smallest absolute Gasteiger partial charge is 0.227 e. The number of anilines is 1. The highest BCUT2D eigenvalue weighted by atomic mass is 35.5. The zero-order valence-corrected chi connectivity index (χ0v) is 13.8. The molecule has 2 aromatic rings. The number of hydrogen-bond donors (Lipinski definition) is 0. The van der Waals surface area contributed by atoms with E-state index in [0.29, 0.717) is 17.1 Å². The van der Waals surface area contributed by atoms with Gasteiger partial charge in [-0.1, -0.05) is 11.6 Å². The molecule has 0 aliphatic carbocycles. The highest BCUT2D eigenvalue weighted by Gasteiger charge is 2.30. The summed E-state index contributed by atoms with van der Waals surface area (Å²) in [4.78, 5) is 20.4. The van der Waals surface area contributed by atoms with E-state index in [1.165, 1.54) is 0 Å². The van der Waals surface area contributed by atoms with Gasteiger partial charge in [-0.2, -0.15) is 5.26 Å². The van der Waals surface area contributed by atoms with Crippen molar-refractivity contribution in [3.63, 3.8) is 0 Å². The van der Waals surface area contributed by atoms with Gasteiger partial charge in [-0.3, -0.25) is 4.79 Å². The Kier molecular flexibility index (Phi) is 4.10. The van der Waals surface area contributed by atoms with Crippen LogP contribution >= 0.6 is 11.6 Å². The Bertz CT molecular complexity index is 812. The molecule has 23 heavy (non-hydrogen) atoms. The maximum atomic E-state index is 12.1. The Morgan fingerprint density at radius 1 is 1.43 bits per heavy atom. The quantitative estimate of drug-likeness (QED) is 0.850. The minimum atomic E-state index is -0.0155. The van der Waals surface area contributed by atoms with Gasteiger partial charge in [0.1, 0.15) is 5.82 Å². The van der Waals surface area contributed by atoms with E-state index in [1.54, 1.807) is 37.2 Å². The monoisotopic (exact) mass is 328 g/mol. The van der Waals surface area contributed by atoms with E-state index >= 15 is 0 Å². The van der Waals surface area contributed by atoms with Crippen LogP contribution in [-0.4, -0.2) is 43.0 Å². The highest BCUT2D eigenvalue weighted by Crippen LogP contribution is 2.28. The zero-order chi connectivity index (χ0) is 16.6. The largest absolute Gasteiger partial charge is 0.356 e. The van der Waals surface area contributed by atoms with Crippen molar-refractivity contribution in [1.82, 2.24) is 9.88 Å². The van der Waals surface area contributed by atoms with Crippen molar-refractivity contribution < 1.29 is 4.79 Å². The Morgan fingerprint density at radius 3 is 2.91 bits per heavy atom. The number of carbonyl (C=O) groups excluding carboxylic acids is 1. The lowest BCUT2D eigenvalue weighted by molar-refractivity contribution is -0.132. The van der Waals surface area contributed by atoms with Crippen molar-refractivity contribution in [1.29, 1.82) is 5.26 Å². The zero-order valence-electron chi connectivity index (χ0n) is 13.1. The van der Waals surface area contributed by atoms with Gasteiger partial charge in [0.25, 0.3) is 0 Å². The topological polar surface area (TPSA) is 60.2 Å². The summed E-state index contributed by atoms with van der Waals surface area (Å²) in [7, 11) is 3.55. The van der Waals surface area contributed by atoms with Crippen molar-refractivity contribution >= 4 is 34.2 Å². The number of aromatic nitrogens is 1. The summed E-state index contributed by atoms with van der Waals surface area (Å²) in [6.07, 6.45) is 0.805. The van der Waals surface area contributed by atoms with Crippen LogP contribution in [0.15, 0.2) is 24.3 Å². The molecule has 3 rings (SSSR count). The molecule has 1 aliphatic rings. The van der Waals surface area contributed by atoms with Gasteiger partial charge in [0.2, 0.25) is 5.91 Å². The average Bonchev–Trinajstić information content (AvgIpc) is 3.02. The fourth-order valence-electron chi connectivity index (χ4n) is 2.97. The summed E-state index contributed by atoms with van der Waals surface area (Å²) in [5.41, 5.74) is 1.29. The summed E-state index contributed by atoms with van der Waals surface area (Å²) < 4.78 is 0. The molecule has 5 nitrogen and oxygen atoms in total. The van der Waals surface area contributed by atoms with Crippen LogP contribution in [-0.2, 0) is 4.79 Å². The first kappa shape index (κ1) is 15.6. The van der Waals surface area contributed by atoms with Crippen LogP contribution in [0.25, 0.3) is 10.9 Å². The Hall–Kier alpha value is -2.32. The predicted octanol–water partition coefficient (Wildman–Crippen LogP) is 2.67. The third-order valence-corrected chi connectivity index (χ3v) is 4.42. The van der Waals surface area contributed by atoms with E-state index in [4.69, 9.17) is 11.6 Å². The van der Waals surface area contributed by atoms with Crippen molar-refractivity contribution in [2.75, 3.05) is 32.1 Å². The molecule has 2 heterocycles. The van der Waals surface area contributed by atoms with Gasteiger partial charge in [-0.15, -0.1) is 0 Å². The van der Waals surface area contributed by atoms with E-state index in [1.807, 2.05) is 6.07 Å². The van der Waals surface area contributed by atoms with Crippen LogP contribution in [0, 0.1) is 17.2 Å². The molecule has 1 amide bonds. The fourth-order valence-corrected chi connectivity index (χ4v) is 3.15. The molecule has 1 atom stereocenters. The number of amides is 1. The molecule has 0 spiro atoms. The van der Waals surface area contributed by atoms with Crippen molar-refractivity contribution in [3.05, 3.63) is 34.9 Å². The van der Waals surface area contributed by atoms with Crippen LogP contribution in [0.1, 0.15) is 12.0 Å². The lowest BCUT2D eigenvalue weighted by Gasteiger charge is -2.19. The van der Waals surface area contributed by atoms with E-state index in [0.717, 1.165) is 29.7 Å². The predicted molar refractivity (Wildman–Crippen MR) is 90.5 cm³/mol. The summed E-state index contributed by atoms with van der Waals surface area (Å²) in [5.74, 6) is 0.865. The SMILES string of the molecule is CN(C)C(=O)C1CCN(c2cc(C#N)c3cc(Cl)ccc3n2)C1. The highest BCUT2D eigenvalue weighted by molar-refractivity contribution is 6.31.